The molecule has 0 atom stereocenters. The minimum Gasteiger partial charge on any atom is -0.307 e. The minimum atomic E-state index is -0.354. The lowest BCUT2D eigenvalue weighted by Gasteiger charge is -2.04. The van der Waals surface area contributed by atoms with Crippen LogP contribution in [0, 0.1) is 5.82 Å². The standard InChI is InChI=1S/C14H14FN3O/c1-18-13(8-12(17-18)9-2-3-9)16-14(19)10-4-6-11(15)7-5-10/h4-9H,2-3H2,1H3,(H,16,19). The van der Waals surface area contributed by atoms with Crippen LogP contribution in [0.15, 0.2) is 30.3 Å². The molecule has 98 valence electrons. The summed E-state index contributed by atoms with van der Waals surface area (Å²) in [5.74, 6) is 0.595. The third kappa shape index (κ3) is 2.50. The molecule has 4 nitrogen and oxygen atoms in total. The number of rotatable bonds is 3. The van der Waals surface area contributed by atoms with E-state index in [0.29, 0.717) is 17.3 Å². The van der Waals surface area contributed by atoms with Crippen molar-refractivity contribution in [2.75, 3.05) is 5.32 Å². The number of carbonyl (C=O) groups excluding carboxylic acids is 1. The van der Waals surface area contributed by atoms with Gasteiger partial charge in [0.1, 0.15) is 11.6 Å². The largest absolute Gasteiger partial charge is 0.307 e. The fourth-order valence-corrected chi connectivity index (χ4v) is 1.97. The monoisotopic (exact) mass is 259 g/mol. The number of benzene rings is 1. The summed E-state index contributed by atoms with van der Waals surface area (Å²) in [5, 5.41) is 7.16. The Morgan fingerprint density at radius 1 is 1.37 bits per heavy atom. The molecule has 1 aliphatic rings. The van der Waals surface area contributed by atoms with Crippen molar-refractivity contribution in [1.82, 2.24) is 9.78 Å². The Balaban J connectivity index is 1.77. The highest BCUT2D eigenvalue weighted by Crippen LogP contribution is 2.39. The molecule has 1 N–H and O–H groups in total. The molecule has 1 aliphatic carbocycles. The van der Waals surface area contributed by atoms with E-state index in [-0.39, 0.29) is 11.7 Å². The van der Waals surface area contributed by atoms with Crippen LogP contribution in [-0.2, 0) is 7.05 Å². The molecule has 0 unspecified atom stereocenters. The maximum absolute atomic E-state index is 12.8. The van der Waals surface area contributed by atoms with E-state index in [1.54, 1.807) is 11.7 Å². The van der Waals surface area contributed by atoms with Crippen molar-refractivity contribution in [2.24, 2.45) is 7.05 Å². The third-order valence-corrected chi connectivity index (χ3v) is 3.24. The molecule has 2 aromatic rings. The molecule has 0 spiro atoms. The van der Waals surface area contributed by atoms with Gasteiger partial charge in [-0.05, 0) is 37.1 Å². The Kier molecular flexibility index (Phi) is 2.81. The number of amides is 1. The minimum absolute atomic E-state index is 0.259. The summed E-state index contributed by atoms with van der Waals surface area (Å²) in [6.07, 6.45) is 2.34. The summed E-state index contributed by atoms with van der Waals surface area (Å²) in [7, 11) is 1.80. The molecule has 1 fully saturated rings. The molecule has 1 heterocycles. The quantitative estimate of drug-likeness (QED) is 0.921. The molecule has 0 saturated heterocycles. The van der Waals surface area contributed by atoms with Crippen molar-refractivity contribution < 1.29 is 9.18 Å². The molecule has 0 aliphatic heterocycles. The van der Waals surface area contributed by atoms with Gasteiger partial charge in [-0.25, -0.2) is 4.39 Å². The molecule has 1 amide bonds. The van der Waals surface area contributed by atoms with Crippen molar-refractivity contribution in [3.05, 3.63) is 47.4 Å². The van der Waals surface area contributed by atoms with Crippen LogP contribution in [0.3, 0.4) is 0 Å². The first-order valence-corrected chi connectivity index (χ1v) is 6.24. The SMILES string of the molecule is Cn1nc(C2CC2)cc1NC(=O)c1ccc(F)cc1. The molecule has 1 aromatic heterocycles. The summed E-state index contributed by atoms with van der Waals surface area (Å²) in [6.45, 7) is 0. The normalized spacial score (nSPS) is 14.4. The number of anilines is 1. The predicted octanol–water partition coefficient (Wildman–Crippen LogP) is 2.69. The molecule has 0 radical (unpaired) electrons. The Morgan fingerprint density at radius 3 is 2.68 bits per heavy atom. The van der Waals surface area contributed by atoms with E-state index in [1.807, 2.05) is 6.07 Å². The summed E-state index contributed by atoms with van der Waals surface area (Å²) in [6, 6.07) is 7.37. The number of nitrogens with zero attached hydrogens (tertiary/aromatic N) is 2. The molecule has 3 rings (SSSR count). The van der Waals surface area contributed by atoms with E-state index in [2.05, 4.69) is 10.4 Å². The fourth-order valence-electron chi connectivity index (χ4n) is 1.97. The van der Waals surface area contributed by atoms with Crippen molar-refractivity contribution in [1.29, 1.82) is 0 Å². The fraction of sp³-hybridized carbons (Fsp3) is 0.286. The summed E-state index contributed by atoms with van der Waals surface area (Å²) in [4.78, 5) is 12.0. The Bertz CT molecular complexity index is 614. The van der Waals surface area contributed by atoms with Crippen molar-refractivity contribution in [3.8, 4) is 0 Å². The number of hydrogen-bond donors (Lipinski definition) is 1. The molecule has 0 bridgehead atoms. The van der Waals surface area contributed by atoms with Gasteiger partial charge in [-0.1, -0.05) is 0 Å². The van der Waals surface area contributed by atoms with Crippen LogP contribution < -0.4 is 5.32 Å². The van der Waals surface area contributed by atoms with Gasteiger partial charge in [0.25, 0.3) is 5.91 Å². The second-order valence-electron chi connectivity index (χ2n) is 4.81. The lowest BCUT2D eigenvalue weighted by atomic mass is 10.2. The van der Waals surface area contributed by atoms with E-state index in [4.69, 9.17) is 0 Å². The van der Waals surface area contributed by atoms with Crippen LogP contribution in [0.4, 0.5) is 10.2 Å². The van der Waals surface area contributed by atoms with E-state index in [0.717, 1.165) is 5.69 Å². The smallest absolute Gasteiger partial charge is 0.256 e. The van der Waals surface area contributed by atoms with Crippen molar-refractivity contribution >= 4 is 11.7 Å². The average Bonchev–Trinajstić information content (AvgIpc) is 3.17. The first kappa shape index (κ1) is 11.9. The van der Waals surface area contributed by atoms with E-state index < -0.39 is 0 Å². The summed E-state index contributed by atoms with van der Waals surface area (Å²) in [5.41, 5.74) is 1.45. The summed E-state index contributed by atoms with van der Waals surface area (Å²) >= 11 is 0. The van der Waals surface area contributed by atoms with Gasteiger partial charge in [0.05, 0.1) is 5.69 Å². The van der Waals surface area contributed by atoms with Crippen LogP contribution >= 0.6 is 0 Å². The number of hydrogen-bond acceptors (Lipinski definition) is 2. The molecular weight excluding hydrogens is 245 g/mol. The Hall–Kier alpha value is -2.17. The van der Waals surface area contributed by atoms with Gasteiger partial charge in [0.2, 0.25) is 0 Å². The van der Waals surface area contributed by atoms with Crippen molar-refractivity contribution in [2.45, 2.75) is 18.8 Å². The number of aryl methyl sites for hydroxylation is 1. The third-order valence-electron chi connectivity index (χ3n) is 3.24. The first-order valence-electron chi connectivity index (χ1n) is 6.24. The van der Waals surface area contributed by atoms with Crippen LogP contribution in [0.5, 0.6) is 0 Å². The number of nitrogens with one attached hydrogen (secondary N) is 1. The van der Waals surface area contributed by atoms with Gasteiger partial charge in [0, 0.05) is 24.6 Å². The maximum Gasteiger partial charge on any atom is 0.256 e. The van der Waals surface area contributed by atoms with Gasteiger partial charge in [0.15, 0.2) is 0 Å². The van der Waals surface area contributed by atoms with Crippen LogP contribution in [-0.4, -0.2) is 15.7 Å². The number of halogens is 1. The van der Waals surface area contributed by atoms with E-state index in [9.17, 15) is 9.18 Å². The zero-order valence-electron chi connectivity index (χ0n) is 10.6. The topological polar surface area (TPSA) is 46.9 Å². The number of aromatic nitrogens is 2. The Morgan fingerprint density at radius 2 is 2.05 bits per heavy atom. The van der Waals surface area contributed by atoms with Gasteiger partial charge in [-0.3, -0.25) is 9.48 Å². The van der Waals surface area contributed by atoms with Gasteiger partial charge >= 0.3 is 0 Å². The number of carbonyl (C=O) groups is 1. The van der Waals surface area contributed by atoms with Gasteiger partial charge in [-0.15, -0.1) is 0 Å². The van der Waals surface area contributed by atoms with Crippen molar-refractivity contribution in [3.63, 3.8) is 0 Å². The zero-order valence-corrected chi connectivity index (χ0v) is 10.6. The molecular formula is C14H14FN3O. The molecule has 1 saturated carbocycles. The molecule has 1 aromatic carbocycles. The average molecular weight is 259 g/mol. The second kappa shape index (κ2) is 4.50. The van der Waals surface area contributed by atoms with Crippen LogP contribution in [0.25, 0.3) is 0 Å². The molecule has 19 heavy (non-hydrogen) atoms. The highest BCUT2D eigenvalue weighted by atomic mass is 19.1. The maximum atomic E-state index is 12.8. The van der Waals surface area contributed by atoms with E-state index >= 15 is 0 Å². The van der Waals surface area contributed by atoms with Gasteiger partial charge in [-0.2, -0.15) is 5.10 Å². The van der Waals surface area contributed by atoms with E-state index in [1.165, 1.54) is 37.1 Å². The zero-order chi connectivity index (χ0) is 13.4. The lowest BCUT2D eigenvalue weighted by molar-refractivity contribution is 0.102. The van der Waals surface area contributed by atoms with Gasteiger partial charge < -0.3 is 5.32 Å². The highest BCUT2D eigenvalue weighted by Gasteiger charge is 2.27. The second-order valence-corrected chi connectivity index (χ2v) is 4.81. The predicted molar refractivity (Wildman–Crippen MR) is 69.5 cm³/mol. The van der Waals surface area contributed by atoms with Crippen LogP contribution in [0.2, 0.25) is 0 Å². The first-order chi connectivity index (χ1) is 9.13. The van der Waals surface area contributed by atoms with Crippen LogP contribution in [0.1, 0.15) is 34.8 Å². The lowest BCUT2D eigenvalue weighted by Crippen LogP contribution is -2.14. The Labute approximate surface area is 110 Å². The highest BCUT2D eigenvalue weighted by molar-refractivity contribution is 6.03. The molecule has 5 heteroatoms. The summed E-state index contributed by atoms with van der Waals surface area (Å²) < 4.78 is 14.5.